The number of rotatable bonds is 1. The molecule has 0 heterocycles. The molecule has 0 aromatic carbocycles. The number of thiol groups is 1. The molecule has 0 aromatic rings. The molecule has 0 unspecified atom stereocenters. The highest BCUT2D eigenvalue weighted by Gasteiger charge is 1.89. The van der Waals surface area contributed by atoms with Gasteiger partial charge in [-0.3, -0.25) is 0 Å². The molecule has 0 radical (unpaired) electrons. The van der Waals surface area contributed by atoms with Crippen molar-refractivity contribution in [1.29, 1.82) is 5.26 Å². The van der Waals surface area contributed by atoms with Gasteiger partial charge < -0.3 is 5.32 Å². The van der Waals surface area contributed by atoms with Gasteiger partial charge in [0.2, 0.25) is 0 Å². The lowest BCUT2D eigenvalue weighted by Crippen LogP contribution is -2.00. The van der Waals surface area contributed by atoms with Crippen LogP contribution < -0.4 is 5.32 Å². The van der Waals surface area contributed by atoms with Crippen LogP contribution in [0.25, 0.3) is 0 Å². The highest BCUT2D eigenvalue weighted by molar-refractivity contribution is 7.84. The van der Waals surface area contributed by atoms with E-state index in [0.29, 0.717) is 10.6 Å². The molecule has 44 valence electrons. The topological polar surface area (TPSA) is 35.8 Å². The number of hydrogen-bond acceptors (Lipinski definition) is 3. The summed E-state index contributed by atoms with van der Waals surface area (Å²) in [6.45, 7) is 1.71. The SMILES string of the molecule is CN/C(S)=C(\C)C#N. The van der Waals surface area contributed by atoms with Crippen molar-refractivity contribution in [3.05, 3.63) is 10.6 Å². The van der Waals surface area contributed by atoms with E-state index in [1.807, 2.05) is 6.07 Å². The lowest BCUT2D eigenvalue weighted by Gasteiger charge is -1.95. The van der Waals surface area contributed by atoms with Crippen LogP contribution in [0.15, 0.2) is 10.6 Å². The third-order valence-electron chi connectivity index (χ3n) is 0.760. The van der Waals surface area contributed by atoms with Crippen LogP contribution in [0.1, 0.15) is 6.92 Å². The molecule has 0 bridgehead atoms. The van der Waals surface area contributed by atoms with E-state index in [-0.39, 0.29) is 0 Å². The van der Waals surface area contributed by atoms with Crippen molar-refractivity contribution in [1.82, 2.24) is 5.32 Å². The Morgan fingerprint density at radius 2 is 2.25 bits per heavy atom. The first kappa shape index (κ1) is 7.38. The zero-order valence-corrected chi connectivity index (χ0v) is 5.79. The highest BCUT2D eigenvalue weighted by Crippen LogP contribution is 2.00. The Morgan fingerprint density at radius 1 is 1.75 bits per heavy atom. The first-order valence-corrected chi connectivity index (χ1v) is 2.64. The van der Waals surface area contributed by atoms with Crippen molar-refractivity contribution in [3.63, 3.8) is 0 Å². The van der Waals surface area contributed by atoms with Crippen molar-refractivity contribution in [3.8, 4) is 6.07 Å². The van der Waals surface area contributed by atoms with E-state index in [0.717, 1.165) is 0 Å². The fourth-order valence-electron chi connectivity index (χ4n) is 0.240. The zero-order valence-electron chi connectivity index (χ0n) is 4.89. The molecule has 1 N–H and O–H groups in total. The summed E-state index contributed by atoms with van der Waals surface area (Å²) < 4.78 is 0. The van der Waals surface area contributed by atoms with Gasteiger partial charge in [-0.25, -0.2) is 0 Å². The van der Waals surface area contributed by atoms with Gasteiger partial charge in [-0.05, 0) is 6.92 Å². The molecule has 0 fully saturated rings. The van der Waals surface area contributed by atoms with Gasteiger partial charge in [0.05, 0.1) is 16.7 Å². The van der Waals surface area contributed by atoms with E-state index in [1.54, 1.807) is 14.0 Å². The van der Waals surface area contributed by atoms with E-state index in [4.69, 9.17) is 5.26 Å². The second-order valence-electron chi connectivity index (χ2n) is 1.34. The van der Waals surface area contributed by atoms with Crippen molar-refractivity contribution >= 4 is 12.6 Å². The monoisotopic (exact) mass is 128 g/mol. The standard InChI is InChI=1S/C5H8N2S/c1-4(3-6)5(8)7-2/h7-8H,1-2H3/b5-4-. The van der Waals surface area contributed by atoms with E-state index >= 15 is 0 Å². The minimum absolute atomic E-state index is 0.607. The third kappa shape index (κ3) is 1.90. The Bertz CT molecular complexity index is 143. The molecule has 0 saturated carbocycles. The maximum absolute atomic E-state index is 8.24. The number of nitriles is 1. The minimum atomic E-state index is 0.607. The van der Waals surface area contributed by atoms with Gasteiger partial charge in [-0.15, -0.1) is 12.6 Å². The Morgan fingerprint density at radius 3 is 2.38 bits per heavy atom. The number of hydrogen-bond donors (Lipinski definition) is 2. The summed E-state index contributed by atoms with van der Waals surface area (Å²) in [5.74, 6) is 0. The summed E-state index contributed by atoms with van der Waals surface area (Å²) in [5, 5.41) is 11.6. The molecule has 8 heavy (non-hydrogen) atoms. The van der Waals surface area contributed by atoms with Gasteiger partial charge in [0, 0.05) is 7.05 Å². The number of nitrogens with one attached hydrogen (secondary N) is 1. The Kier molecular flexibility index (Phi) is 3.13. The van der Waals surface area contributed by atoms with Crippen LogP contribution in [0.2, 0.25) is 0 Å². The van der Waals surface area contributed by atoms with Gasteiger partial charge in [0.1, 0.15) is 0 Å². The predicted octanol–water partition coefficient (Wildman–Crippen LogP) is 0.891. The molecule has 0 spiro atoms. The molecule has 0 amide bonds. The zero-order chi connectivity index (χ0) is 6.57. The Hall–Kier alpha value is -0.620. The number of allylic oxidation sites excluding steroid dienone is 1. The highest BCUT2D eigenvalue weighted by atomic mass is 32.1. The quantitative estimate of drug-likeness (QED) is 0.406. The predicted molar refractivity (Wildman–Crippen MR) is 36.4 cm³/mol. The average molecular weight is 128 g/mol. The smallest absolute Gasteiger partial charge is 0.0971 e. The van der Waals surface area contributed by atoms with Gasteiger partial charge in [-0.1, -0.05) is 0 Å². The summed E-state index contributed by atoms with van der Waals surface area (Å²) >= 11 is 3.95. The lowest BCUT2D eigenvalue weighted by atomic mass is 10.4. The van der Waals surface area contributed by atoms with Crippen LogP contribution in [0.5, 0.6) is 0 Å². The van der Waals surface area contributed by atoms with E-state index < -0.39 is 0 Å². The van der Waals surface area contributed by atoms with Gasteiger partial charge in [0.15, 0.2) is 0 Å². The summed E-state index contributed by atoms with van der Waals surface area (Å²) in [6, 6.07) is 1.96. The lowest BCUT2D eigenvalue weighted by molar-refractivity contribution is 1.06. The second-order valence-corrected chi connectivity index (χ2v) is 1.78. The van der Waals surface area contributed by atoms with E-state index in [2.05, 4.69) is 17.9 Å². The maximum Gasteiger partial charge on any atom is 0.0971 e. The van der Waals surface area contributed by atoms with Crippen LogP contribution in [0, 0.1) is 11.3 Å². The fraction of sp³-hybridized carbons (Fsp3) is 0.400. The molecule has 0 aliphatic carbocycles. The molecule has 0 aromatic heterocycles. The first-order valence-electron chi connectivity index (χ1n) is 2.20. The first-order chi connectivity index (χ1) is 3.72. The van der Waals surface area contributed by atoms with Crippen LogP contribution in [0.3, 0.4) is 0 Å². The van der Waals surface area contributed by atoms with Crippen molar-refractivity contribution in [2.45, 2.75) is 6.92 Å². The fourth-order valence-corrected chi connectivity index (χ4v) is 0.290. The van der Waals surface area contributed by atoms with Crippen molar-refractivity contribution < 1.29 is 0 Å². The normalized spacial score (nSPS) is 11.8. The summed E-state index contributed by atoms with van der Waals surface area (Å²) in [5.41, 5.74) is 0.607. The average Bonchev–Trinajstić information content (AvgIpc) is 1.84. The minimum Gasteiger partial charge on any atom is -0.382 e. The van der Waals surface area contributed by atoms with Gasteiger partial charge in [-0.2, -0.15) is 5.26 Å². The van der Waals surface area contributed by atoms with E-state index in [1.165, 1.54) is 0 Å². The van der Waals surface area contributed by atoms with Crippen molar-refractivity contribution in [2.24, 2.45) is 0 Å². The maximum atomic E-state index is 8.24. The van der Waals surface area contributed by atoms with E-state index in [9.17, 15) is 0 Å². The molecule has 0 saturated heterocycles. The summed E-state index contributed by atoms with van der Waals surface area (Å²) in [6.07, 6.45) is 0. The molecule has 0 atom stereocenters. The van der Waals surface area contributed by atoms with Gasteiger partial charge in [0.25, 0.3) is 0 Å². The summed E-state index contributed by atoms with van der Waals surface area (Å²) in [4.78, 5) is 0. The van der Waals surface area contributed by atoms with Crippen LogP contribution in [-0.2, 0) is 0 Å². The Balaban J connectivity index is 4.10. The molecular weight excluding hydrogens is 120 g/mol. The Labute approximate surface area is 54.6 Å². The molecule has 0 aliphatic heterocycles. The van der Waals surface area contributed by atoms with Crippen LogP contribution in [0.4, 0.5) is 0 Å². The molecule has 3 heteroatoms. The molecule has 0 aliphatic rings. The van der Waals surface area contributed by atoms with Crippen LogP contribution >= 0.6 is 12.6 Å². The van der Waals surface area contributed by atoms with Crippen molar-refractivity contribution in [2.75, 3.05) is 7.05 Å². The molecule has 0 rings (SSSR count). The second kappa shape index (κ2) is 3.39. The number of nitrogens with zero attached hydrogens (tertiary/aromatic N) is 1. The molecule has 2 nitrogen and oxygen atoms in total. The third-order valence-corrected chi connectivity index (χ3v) is 1.32. The van der Waals surface area contributed by atoms with Crippen LogP contribution in [-0.4, -0.2) is 7.05 Å². The summed E-state index contributed by atoms with van der Waals surface area (Å²) in [7, 11) is 1.73. The largest absolute Gasteiger partial charge is 0.382 e. The van der Waals surface area contributed by atoms with Gasteiger partial charge >= 0.3 is 0 Å². The molecular formula is C5H8N2S.